The van der Waals surface area contributed by atoms with E-state index < -0.39 is 17.8 Å². The summed E-state index contributed by atoms with van der Waals surface area (Å²) in [5.41, 5.74) is 0.143. The fourth-order valence-corrected chi connectivity index (χ4v) is 2.15. The van der Waals surface area contributed by atoms with E-state index in [0.717, 1.165) is 11.0 Å². The molecule has 0 spiro atoms. The van der Waals surface area contributed by atoms with Gasteiger partial charge in [-0.15, -0.1) is 0 Å². The van der Waals surface area contributed by atoms with E-state index >= 15 is 0 Å². The standard InChI is InChI=1S/C15H12ClNO5/c16-11-2-1-7-17(14(11)20)13(19)6-4-9-3-5-12(18)10(8-9)15(21)22/h2-6,8,18H,1,7H2,(H,21,22)/b6-4+. The Bertz CT molecular complexity index is 708. The number of nitrogens with zero attached hydrogens (tertiary/aromatic N) is 1. The van der Waals surface area contributed by atoms with Crippen molar-refractivity contribution >= 4 is 35.5 Å². The number of aromatic hydroxyl groups is 1. The third-order valence-electron chi connectivity index (χ3n) is 3.06. The first-order valence-electron chi connectivity index (χ1n) is 6.36. The Morgan fingerprint density at radius 2 is 2.05 bits per heavy atom. The molecule has 0 bridgehead atoms. The number of hydrogen-bond donors (Lipinski definition) is 2. The molecule has 0 saturated heterocycles. The number of imide groups is 1. The zero-order valence-electron chi connectivity index (χ0n) is 11.3. The van der Waals surface area contributed by atoms with Gasteiger partial charge in [-0.1, -0.05) is 23.7 Å². The van der Waals surface area contributed by atoms with Gasteiger partial charge in [-0.05, 0) is 30.2 Å². The summed E-state index contributed by atoms with van der Waals surface area (Å²) in [6.45, 7) is 0.244. The van der Waals surface area contributed by atoms with Crippen molar-refractivity contribution < 1.29 is 24.6 Å². The van der Waals surface area contributed by atoms with Crippen LogP contribution in [0.5, 0.6) is 5.75 Å². The summed E-state index contributed by atoms with van der Waals surface area (Å²) in [7, 11) is 0. The average molecular weight is 322 g/mol. The van der Waals surface area contributed by atoms with Crippen LogP contribution in [0.25, 0.3) is 6.08 Å². The lowest BCUT2D eigenvalue weighted by Gasteiger charge is -2.21. The maximum Gasteiger partial charge on any atom is 0.339 e. The first kappa shape index (κ1) is 15.8. The molecule has 1 heterocycles. The van der Waals surface area contributed by atoms with E-state index in [1.165, 1.54) is 24.3 Å². The van der Waals surface area contributed by atoms with Crippen LogP contribution >= 0.6 is 11.6 Å². The van der Waals surface area contributed by atoms with Gasteiger partial charge in [0.15, 0.2) is 0 Å². The summed E-state index contributed by atoms with van der Waals surface area (Å²) in [6.07, 6.45) is 4.57. The zero-order chi connectivity index (χ0) is 16.3. The van der Waals surface area contributed by atoms with Crippen molar-refractivity contribution in [1.82, 2.24) is 4.90 Å². The number of halogens is 1. The van der Waals surface area contributed by atoms with Gasteiger partial charge in [0.2, 0.25) is 0 Å². The molecule has 1 aliphatic rings. The highest BCUT2D eigenvalue weighted by atomic mass is 35.5. The Kier molecular flexibility index (Phi) is 4.62. The van der Waals surface area contributed by atoms with Crippen LogP contribution in [-0.2, 0) is 9.59 Å². The zero-order valence-corrected chi connectivity index (χ0v) is 12.1. The number of carboxylic acids is 1. The Hall–Kier alpha value is -2.60. The molecule has 0 saturated carbocycles. The smallest absolute Gasteiger partial charge is 0.339 e. The molecule has 0 atom stereocenters. The number of phenols is 1. The van der Waals surface area contributed by atoms with Crippen molar-refractivity contribution in [3.63, 3.8) is 0 Å². The molecule has 114 valence electrons. The van der Waals surface area contributed by atoms with Gasteiger partial charge in [-0.2, -0.15) is 0 Å². The molecule has 2 N–H and O–H groups in total. The van der Waals surface area contributed by atoms with Crippen LogP contribution in [-0.4, -0.2) is 39.4 Å². The van der Waals surface area contributed by atoms with E-state index in [1.54, 1.807) is 6.08 Å². The summed E-state index contributed by atoms with van der Waals surface area (Å²) < 4.78 is 0. The second-order valence-electron chi connectivity index (χ2n) is 4.55. The Balaban J connectivity index is 2.17. The lowest BCUT2D eigenvalue weighted by molar-refractivity contribution is -0.139. The van der Waals surface area contributed by atoms with Crippen LogP contribution in [0.15, 0.2) is 35.4 Å². The van der Waals surface area contributed by atoms with Gasteiger partial charge >= 0.3 is 5.97 Å². The van der Waals surface area contributed by atoms with E-state index in [2.05, 4.69) is 0 Å². The molecule has 7 heteroatoms. The summed E-state index contributed by atoms with van der Waals surface area (Å²) in [6, 6.07) is 3.90. The maximum atomic E-state index is 12.0. The van der Waals surface area contributed by atoms with Crippen molar-refractivity contribution in [1.29, 1.82) is 0 Å². The van der Waals surface area contributed by atoms with Crippen molar-refractivity contribution in [3.8, 4) is 5.75 Å². The largest absolute Gasteiger partial charge is 0.507 e. The number of aromatic carboxylic acids is 1. The first-order chi connectivity index (χ1) is 10.4. The van der Waals surface area contributed by atoms with E-state index in [9.17, 15) is 19.5 Å². The Morgan fingerprint density at radius 1 is 1.32 bits per heavy atom. The van der Waals surface area contributed by atoms with Crippen LogP contribution in [0.3, 0.4) is 0 Å². The Morgan fingerprint density at radius 3 is 2.73 bits per heavy atom. The maximum absolute atomic E-state index is 12.0. The third kappa shape index (κ3) is 3.35. The van der Waals surface area contributed by atoms with Gasteiger partial charge in [0, 0.05) is 12.6 Å². The number of carbonyl (C=O) groups is 3. The minimum absolute atomic E-state index is 0.00537. The SMILES string of the molecule is O=C(O)c1cc(/C=C/C(=O)N2CCC=C(Cl)C2=O)ccc1O. The number of amides is 2. The van der Waals surface area contributed by atoms with Crippen molar-refractivity contribution in [2.75, 3.05) is 6.54 Å². The second-order valence-corrected chi connectivity index (χ2v) is 4.96. The normalized spacial score (nSPS) is 15.0. The molecule has 0 fully saturated rings. The molecule has 6 nitrogen and oxygen atoms in total. The number of hydrogen-bond acceptors (Lipinski definition) is 4. The minimum Gasteiger partial charge on any atom is -0.507 e. The van der Waals surface area contributed by atoms with Crippen molar-refractivity contribution in [3.05, 3.63) is 46.5 Å². The van der Waals surface area contributed by atoms with E-state index in [4.69, 9.17) is 16.7 Å². The molecule has 1 aromatic rings. The highest BCUT2D eigenvalue weighted by Gasteiger charge is 2.24. The van der Waals surface area contributed by atoms with Gasteiger partial charge in [0.05, 0.1) is 0 Å². The van der Waals surface area contributed by atoms with Crippen LogP contribution < -0.4 is 0 Å². The molecular weight excluding hydrogens is 310 g/mol. The van der Waals surface area contributed by atoms with Crippen LogP contribution in [0.2, 0.25) is 0 Å². The first-order valence-corrected chi connectivity index (χ1v) is 6.74. The molecule has 2 rings (SSSR count). The quantitative estimate of drug-likeness (QED) is 0.830. The number of carbonyl (C=O) groups excluding carboxylic acids is 2. The summed E-state index contributed by atoms with van der Waals surface area (Å²) in [4.78, 5) is 35.6. The molecule has 22 heavy (non-hydrogen) atoms. The average Bonchev–Trinajstić information content (AvgIpc) is 2.48. The molecule has 1 aromatic carbocycles. The second kappa shape index (κ2) is 6.44. The van der Waals surface area contributed by atoms with Gasteiger partial charge < -0.3 is 10.2 Å². The van der Waals surface area contributed by atoms with Gasteiger partial charge in [-0.25, -0.2) is 4.79 Å². The van der Waals surface area contributed by atoms with Crippen LogP contribution in [0.1, 0.15) is 22.3 Å². The van der Waals surface area contributed by atoms with E-state index in [1.807, 2.05) is 0 Å². The van der Waals surface area contributed by atoms with E-state index in [-0.39, 0.29) is 22.9 Å². The molecule has 1 aliphatic heterocycles. The molecule has 0 unspecified atom stereocenters. The minimum atomic E-state index is -1.28. The van der Waals surface area contributed by atoms with E-state index in [0.29, 0.717) is 12.0 Å². The lowest BCUT2D eigenvalue weighted by Crippen LogP contribution is -2.38. The summed E-state index contributed by atoms with van der Waals surface area (Å²) in [5.74, 6) is -2.73. The number of rotatable bonds is 3. The van der Waals surface area contributed by atoms with Crippen LogP contribution in [0.4, 0.5) is 0 Å². The van der Waals surface area contributed by atoms with Crippen LogP contribution in [0, 0.1) is 0 Å². The fraction of sp³-hybridized carbons (Fsp3) is 0.133. The van der Waals surface area contributed by atoms with Crippen molar-refractivity contribution in [2.45, 2.75) is 6.42 Å². The highest BCUT2D eigenvalue weighted by molar-refractivity contribution is 6.43. The van der Waals surface area contributed by atoms with Gasteiger partial charge in [0.1, 0.15) is 16.3 Å². The monoisotopic (exact) mass is 321 g/mol. The summed E-state index contributed by atoms with van der Waals surface area (Å²) in [5, 5.41) is 18.3. The molecule has 0 radical (unpaired) electrons. The third-order valence-corrected chi connectivity index (χ3v) is 3.38. The molecule has 0 aromatic heterocycles. The lowest BCUT2D eigenvalue weighted by atomic mass is 10.1. The topological polar surface area (TPSA) is 94.9 Å². The molecule has 2 amide bonds. The Labute approximate surface area is 130 Å². The van der Waals surface area contributed by atoms with Crippen molar-refractivity contribution in [2.24, 2.45) is 0 Å². The predicted molar refractivity (Wildman–Crippen MR) is 79.4 cm³/mol. The van der Waals surface area contributed by atoms with Gasteiger partial charge in [0.25, 0.3) is 11.8 Å². The van der Waals surface area contributed by atoms with Gasteiger partial charge in [-0.3, -0.25) is 14.5 Å². The summed E-state index contributed by atoms with van der Waals surface area (Å²) >= 11 is 5.70. The highest BCUT2D eigenvalue weighted by Crippen LogP contribution is 2.20. The number of benzene rings is 1. The predicted octanol–water partition coefficient (Wildman–Crippen LogP) is 1.99. The number of carboxylic acid groups (broad SMARTS) is 1. The molecular formula is C15H12ClNO5. The molecule has 0 aliphatic carbocycles. The fourth-order valence-electron chi connectivity index (χ4n) is 1.93.